The minimum Gasteiger partial charge on any atom is -0.478 e. The molecule has 0 saturated heterocycles. The Morgan fingerprint density at radius 1 is 1.50 bits per heavy atom. The van der Waals surface area contributed by atoms with E-state index in [1.807, 2.05) is 6.92 Å². The second-order valence-corrected chi connectivity index (χ2v) is 4.43. The number of hydrogen-bond donors (Lipinski definition) is 2. The van der Waals surface area contributed by atoms with Gasteiger partial charge in [-0.2, -0.15) is 0 Å². The van der Waals surface area contributed by atoms with Crippen LogP contribution >= 0.6 is 11.6 Å². The third kappa shape index (κ3) is 2.87. The topological polar surface area (TPSA) is 64.3 Å². The quantitative estimate of drug-likeness (QED) is 0.483. The number of nitrogens with two attached hydrogens (primary N) is 1. The fraction of sp³-hybridized carbons (Fsp3) is 0.364. The van der Waals surface area contributed by atoms with Crippen molar-refractivity contribution in [2.75, 3.05) is 0 Å². The van der Waals surface area contributed by atoms with Gasteiger partial charge in [0, 0.05) is 5.02 Å². The Kier molecular flexibility index (Phi) is 3.78. The molecule has 0 spiro atoms. The second kappa shape index (κ2) is 4.72. The number of carbonyl (C=O) groups excluding carboxylic acids is 1. The molecular formula is C11H15ClN2O2. The Balaban J connectivity index is 2.92. The van der Waals surface area contributed by atoms with E-state index in [1.165, 1.54) is 0 Å². The van der Waals surface area contributed by atoms with Crippen LogP contribution in [0.1, 0.15) is 19.4 Å². The summed E-state index contributed by atoms with van der Waals surface area (Å²) in [6.45, 7) is 5.14. The molecule has 0 aliphatic rings. The zero-order valence-corrected chi connectivity index (χ0v) is 10.3. The van der Waals surface area contributed by atoms with Crippen LogP contribution in [0, 0.1) is 6.92 Å². The minimum absolute atomic E-state index is 0.387. The van der Waals surface area contributed by atoms with Crippen LogP contribution in [0.2, 0.25) is 5.02 Å². The van der Waals surface area contributed by atoms with Gasteiger partial charge in [-0.15, -0.1) is 0 Å². The zero-order valence-electron chi connectivity index (χ0n) is 9.50. The summed E-state index contributed by atoms with van der Waals surface area (Å²) < 4.78 is 5.59. The highest BCUT2D eigenvalue weighted by Gasteiger charge is 2.29. The fourth-order valence-electron chi connectivity index (χ4n) is 1.22. The summed E-state index contributed by atoms with van der Waals surface area (Å²) in [5.74, 6) is 5.30. The highest BCUT2D eigenvalue weighted by atomic mass is 35.5. The molecule has 88 valence electrons. The van der Waals surface area contributed by atoms with Gasteiger partial charge in [0.25, 0.3) is 5.91 Å². The number of aryl methyl sites for hydroxylation is 1. The molecule has 0 unspecified atom stereocenters. The number of benzene rings is 1. The van der Waals surface area contributed by atoms with Crippen LogP contribution < -0.4 is 16.0 Å². The predicted molar refractivity (Wildman–Crippen MR) is 63.2 cm³/mol. The van der Waals surface area contributed by atoms with Gasteiger partial charge in [0.05, 0.1) is 0 Å². The fourth-order valence-corrected chi connectivity index (χ4v) is 1.45. The third-order valence-corrected chi connectivity index (χ3v) is 2.42. The number of nitrogens with one attached hydrogen (secondary N) is 1. The van der Waals surface area contributed by atoms with E-state index in [4.69, 9.17) is 22.2 Å². The van der Waals surface area contributed by atoms with Crippen LogP contribution in [0.25, 0.3) is 0 Å². The summed E-state index contributed by atoms with van der Waals surface area (Å²) in [5, 5.41) is 0.630. The van der Waals surface area contributed by atoms with Gasteiger partial charge in [0.1, 0.15) is 5.75 Å². The monoisotopic (exact) mass is 242 g/mol. The van der Waals surface area contributed by atoms with Gasteiger partial charge >= 0.3 is 0 Å². The Hall–Kier alpha value is -1.26. The molecule has 1 aromatic rings. The van der Waals surface area contributed by atoms with Crippen molar-refractivity contribution in [2.24, 2.45) is 5.84 Å². The maximum atomic E-state index is 11.4. The van der Waals surface area contributed by atoms with E-state index >= 15 is 0 Å². The van der Waals surface area contributed by atoms with Crippen molar-refractivity contribution in [2.45, 2.75) is 26.4 Å². The van der Waals surface area contributed by atoms with Crippen LogP contribution in [0.4, 0.5) is 0 Å². The van der Waals surface area contributed by atoms with Crippen molar-refractivity contribution in [3.63, 3.8) is 0 Å². The van der Waals surface area contributed by atoms with Gasteiger partial charge in [-0.05, 0) is 44.5 Å². The Bertz CT molecular complexity index is 405. The summed E-state index contributed by atoms with van der Waals surface area (Å²) in [7, 11) is 0. The molecule has 1 amide bonds. The van der Waals surface area contributed by atoms with Gasteiger partial charge in [-0.3, -0.25) is 10.2 Å². The highest BCUT2D eigenvalue weighted by molar-refractivity contribution is 6.30. The highest BCUT2D eigenvalue weighted by Crippen LogP contribution is 2.25. The normalized spacial score (nSPS) is 11.1. The predicted octanol–water partition coefficient (Wildman–Crippen LogP) is 1.80. The number of carbonyl (C=O) groups is 1. The first-order valence-corrected chi connectivity index (χ1v) is 5.21. The van der Waals surface area contributed by atoms with Gasteiger partial charge < -0.3 is 4.74 Å². The standard InChI is InChI=1S/C11H15ClN2O2/c1-7-6-8(12)4-5-9(7)16-11(2,3)10(15)14-13/h4-6H,13H2,1-3H3,(H,14,15). The SMILES string of the molecule is Cc1cc(Cl)ccc1OC(C)(C)C(=O)NN. The third-order valence-electron chi connectivity index (χ3n) is 2.18. The Labute approximate surface area is 99.7 Å². The molecule has 0 atom stereocenters. The molecule has 0 saturated carbocycles. The molecule has 1 aromatic carbocycles. The first-order chi connectivity index (χ1) is 7.36. The molecule has 0 heterocycles. The molecule has 3 N–H and O–H groups in total. The zero-order chi connectivity index (χ0) is 12.3. The van der Waals surface area contributed by atoms with E-state index in [0.717, 1.165) is 5.56 Å². The lowest BCUT2D eigenvalue weighted by molar-refractivity contribution is -0.134. The van der Waals surface area contributed by atoms with Gasteiger partial charge in [-0.1, -0.05) is 11.6 Å². The van der Waals surface area contributed by atoms with Crippen LogP contribution in [0.15, 0.2) is 18.2 Å². The lowest BCUT2D eigenvalue weighted by Gasteiger charge is -2.25. The number of rotatable bonds is 3. The molecule has 0 aliphatic heterocycles. The molecule has 0 aliphatic carbocycles. The Morgan fingerprint density at radius 2 is 2.12 bits per heavy atom. The number of halogens is 1. The average Bonchev–Trinajstić information content (AvgIpc) is 2.21. The maximum Gasteiger partial charge on any atom is 0.277 e. The summed E-state index contributed by atoms with van der Waals surface area (Å²) in [6, 6.07) is 5.21. The maximum absolute atomic E-state index is 11.4. The van der Waals surface area contributed by atoms with Gasteiger partial charge in [0.15, 0.2) is 5.60 Å². The van der Waals surface area contributed by atoms with Crippen LogP contribution in [-0.4, -0.2) is 11.5 Å². The first-order valence-electron chi connectivity index (χ1n) is 4.83. The largest absolute Gasteiger partial charge is 0.478 e. The molecule has 1 rings (SSSR count). The van der Waals surface area contributed by atoms with Crippen LogP contribution in [0.3, 0.4) is 0 Å². The molecular weight excluding hydrogens is 228 g/mol. The van der Waals surface area contributed by atoms with E-state index in [-0.39, 0.29) is 5.91 Å². The second-order valence-electron chi connectivity index (χ2n) is 4.00. The molecule has 0 aromatic heterocycles. The van der Waals surface area contributed by atoms with E-state index in [2.05, 4.69) is 5.43 Å². The van der Waals surface area contributed by atoms with E-state index < -0.39 is 5.60 Å². The summed E-state index contributed by atoms with van der Waals surface area (Å²) in [4.78, 5) is 11.4. The molecule has 0 bridgehead atoms. The molecule has 16 heavy (non-hydrogen) atoms. The van der Waals surface area contributed by atoms with E-state index in [1.54, 1.807) is 32.0 Å². The minimum atomic E-state index is -1.02. The molecule has 4 nitrogen and oxygen atoms in total. The lowest BCUT2D eigenvalue weighted by atomic mass is 10.1. The summed E-state index contributed by atoms with van der Waals surface area (Å²) in [6.07, 6.45) is 0. The number of amides is 1. The van der Waals surface area contributed by atoms with Gasteiger partial charge in [-0.25, -0.2) is 5.84 Å². The summed E-state index contributed by atoms with van der Waals surface area (Å²) >= 11 is 5.82. The summed E-state index contributed by atoms with van der Waals surface area (Å²) in [5.41, 5.74) is 1.91. The molecule has 0 fully saturated rings. The van der Waals surface area contributed by atoms with Crippen molar-refractivity contribution in [3.8, 4) is 5.75 Å². The van der Waals surface area contributed by atoms with Crippen molar-refractivity contribution in [1.29, 1.82) is 0 Å². The van der Waals surface area contributed by atoms with Crippen molar-refractivity contribution < 1.29 is 9.53 Å². The first kappa shape index (κ1) is 12.8. The molecule has 0 radical (unpaired) electrons. The van der Waals surface area contributed by atoms with Crippen molar-refractivity contribution in [3.05, 3.63) is 28.8 Å². The van der Waals surface area contributed by atoms with Crippen molar-refractivity contribution in [1.82, 2.24) is 5.43 Å². The average molecular weight is 243 g/mol. The molecule has 5 heteroatoms. The number of hydrazine groups is 1. The van der Waals surface area contributed by atoms with Crippen LogP contribution in [-0.2, 0) is 4.79 Å². The van der Waals surface area contributed by atoms with E-state index in [9.17, 15) is 4.79 Å². The van der Waals surface area contributed by atoms with E-state index in [0.29, 0.717) is 10.8 Å². The smallest absolute Gasteiger partial charge is 0.277 e. The number of ether oxygens (including phenoxy) is 1. The van der Waals surface area contributed by atoms with Crippen LogP contribution in [0.5, 0.6) is 5.75 Å². The van der Waals surface area contributed by atoms with Crippen molar-refractivity contribution >= 4 is 17.5 Å². The van der Waals surface area contributed by atoms with Gasteiger partial charge in [0.2, 0.25) is 0 Å². The lowest BCUT2D eigenvalue weighted by Crippen LogP contribution is -2.49. The Morgan fingerprint density at radius 3 is 2.62 bits per heavy atom. The number of hydrogen-bond acceptors (Lipinski definition) is 3.